The molecule has 5 nitrogen and oxygen atoms in total. The Bertz CT molecular complexity index is 509. The molecular weight excluding hydrogens is 462 g/mol. The number of allylic oxidation sites excluding steroid dienone is 2. The Morgan fingerprint density at radius 2 is 1.14 bits per heavy atom. The number of aliphatic carboxylic acids is 1. The smallest absolute Gasteiger partial charge is 0.306 e. The second-order valence-electron chi connectivity index (χ2n) is 11.1. The molecule has 0 bridgehead atoms. The molecule has 0 spiro atoms. The van der Waals surface area contributed by atoms with Crippen molar-refractivity contribution in [2.75, 3.05) is 40.5 Å². The molecule has 5 heteroatoms. The summed E-state index contributed by atoms with van der Waals surface area (Å²) < 4.78 is 11.9. The van der Waals surface area contributed by atoms with Gasteiger partial charge < -0.3 is 19.5 Å². The molecule has 0 aliphatic heterocycles. The van der Waals surface area contributed by atoms with E-state index < -0.39 is 5.97 Å². The van der Waals surface area contributed by atoms with Gasteiger partial charge in [0.15, 0.2) is 0 Å². The Kier molecular flexibility index (Phi) is 27.4. The second kappa shape index (κ2) is 28.1. The summed E-state index contributed by atoms with van der Waals surface area (Å²) in [5, 5.41) is 8.88. The van der Waals surface area contributed by atoms with Crippen LogP contribution in [-0.2, 0) is 14.3 Å². The fourth-order valence-electron chi connectivity index (χ4n) is 4.37. The summed E-state index contributed by atoms with van der Waals surface area (Å²) >= 11 is 0. The third-order valence-corrected chi connectivity index (χ3v) is 7.25. The minimum absolute atomic E-state index is 0.209. The van der Waals surface area contributed by atoms with Gasteiger partial charge in [0.1, 0.15) is 0 Å². The van der Waals surface area contributed by atoms with Crippen molar-refractivity contribution in [2.45, 2.75) is 142 Å². The highest BCUT2D eigenvalue weighted by Crippen LogP contribution is 2.12. The number of carboxylic acid groups (broad SMARTS) is 1. The first kappa shape index (κ1) is 36.1. The third kappa shape index (κ3) is 26.5. The number of rotatable bonds is 29. The maximum Gasteiger partial charge on any atom is 0.306 e. The molecule has 37 heavy (non-hydrogen) atoms. The molecule has 2 unspecified atom stereocenters. The van der Waals surface area contributed by atoms with Crippen LogP contribution in [0.5, 0.6) is 0 Å². The summed E-state index contributed by atoms with van der Waals surface area (Å²) in [5.41, 5.74) is 0. The molecule has 0 rings (SSSR count). The van der Waals surface area contributed by atoms with Gasteiger partial charge >= 0.3 is 5.97 Å². The van der Waals surface area contributed by atoms with Crippen LogP contribution in [0.4, 0.5) is 0 Å². The fraction of sp³-hybridized carbons (Fsp3) is 0.906. The van der Waals surface area contributed by atoms with Gasteiger partial charge in [-0.15, -0.1) is 0 Å². The first-order valence-electron chi connectivity index (χ1n) is 15.7. The highest BCUT2D eigenvalue weighted by Gasteiger charge is 2.12. The van der Waals surface area contributed by atoms with E-state index in [1.54, 1.807) is 6.92 Å². The predicted octanol–water partition coefficient (Wildman–Crippen LogP) is 8.66. The van der Waals surface area contributed by atoms with Gasteiger partial charge in [-0.2, -0.15) is 0 Å². The molecule has 220 valence electrons. The molecule has 0 aromatic heterocycles. The average Bonchev–Trinajstić information content (AvgIpc) is 2.87. The maximum absolute atomic E-state index is 10.8. The molecule has 0 heterocycles. The van der Waals surface area contributed by atoms with E-state index >= 15 is 0 Å². The minimum atomic E-state index is -0.675. The molecular formula is C32H63NO4. The van der Waals surface area contributed by atoms with E-state index in [0.717, 1.165) is 58.5 Å². The molecule has 1 N–H and O–H groups in total. The van der Waals surface area contributed by atoms with E-state index in [9.17, 15) is 4.79 Å². The number of carboxylic acids is 1. The summed E-state index contributed by atoms with van der Waals surface area (Å²) in [6, 6.07) is 0.343. The zero-order chi connectivity index (χ0) is 27.4. The molecule has 0 fully saturated rings. The van der Waals surface area contributed by atoms with Crippen LogP contribution in [0.2, 0.25) is 0 Å². The van der Waals surface area contributed by atoms with Gasteiger partial charge in [0, 0.05) is 13.2 Å². The van der Waals surface area contributed by atoms with Gasteiger partial charge in [0.05, 0.1) is 25.2 Å². The topological polar surface area (TPSA) is 59.0 Å². The lowest BCUT2D eigenvalue weighted by atomic mass is 10.0. The molecule has 0 radical (unpaired) electrons. The molecule has 0 amide bonds. The van der Waals surface area contributed by atoms with Crippen LogP contribution >= 0.6 is 0 Å². The van der Waals surface area contributed by atoms with Crippen molar-refractivity contribution in [2.24, 2.45) is 5.92 Å². The first-order valence-corrected chi connectivity index (χ1v) is 15.7. The standard InChI is InChI=1S/C32H63NO4/c1-5-6-7-8-9-17-20-23-26-36-28-31(33(3)4)29-37-27-24-21-18-15-13-11-10-12-14-16-19-22-25-30(2)32(34)35/h12,14,30-31H,5-11,13,15-29H2,1-4H3,(H,34,35)/b14-12-. The van der Waals surface area contributed by atoms with Gasteiger partial charge in [-0.05, 0) is 59.0 Å². The largest absolute Gasteiger partial charge is 0.481 e. The molecule has 0 aromatic rings. The van der Waals surface area contributed by atoms with Crippen molar-refractivity contribution in [3.05, 3.63) is 12.2 Å². The van der Waals surface area contributed by atoms with E-state index in [1.165, 1.54) is 89.9 Å². The van der Waals surface area contributed by atoms with Crippen LogP contribution < -0.4 is 0 Å². The quantitative estimate of drug-likeness (QED) is 0.0782. The zero-order valence-electron chi connectivity index (χ0n) is 25.2. The maximum atomic E-state index is 10.8. The highest BCUT2D eigenvalue weighted by molar-refractivity contribution is 5.69. The number of carbonyl (C=O) groups is 1. The SMILES string of the molecule is CCCCCCCCCCOCC(COCCCCCCCC/C=C\CCCCC(C)C(=O)O)N(C)C. The van der Waals surface area contributed by atoms with Crippen LogP contribution in [0, 0.1) is 5.92 Å². The number of likely N-dealkylation sites (N-methyl/N-ethyl adjacent to an activating group) is 1. The van der Waals surface area contributed by atoms with Crippen LogP contribution in [0.3, 0.4) is 0 Å². The Morgan fingerprint density at radius 1 is 0.703 bits per heavy atom. The van der Waals surface area contributed by atoms with E-state index in [-0.39, 0.29) is 5.92 Å². The molecule has 0 saturated heterocycles. The molecule has 0 aliphatic rings. The molecule has 2 atom stereocenters. The lowest BCUT2D eigenvalue weighted by Crippen LogP contribution is -2.37. The molecule has 0 aliphatic carbocycles. The normalized spacial score (nSPS) is 13.5. The zero-order valence-corrected chi connectivity index (χ0v) is 25.2. The number of hydrogen-bond acceptors (Lipinski definition) is 4. The Balaban J connectivity index is 3.46. The number of unbranched alkanes of at least 4 members (excludes halogenated alkanes) is 15. The van der Waals surface area contributed by atoms with Crippen LogP contribution in [-0.4, -0.2) is 62.5 Å². The van der Waals surface area contributed by atoms with Gasteiger partial charge in [-0.1, -0.05) is 103 Å². The van der Waals surface area contributed by atoms with Crippen molar-refractivity contribution in [1.29, 1.82) is 0 Å². The van der Waals surface area contributed by atoms with Gasteiger partial charge in [0.2, 0.25) is 0 Å². The number of nitrogens with zero attached hydrogens (tertiary/aromatic N) is 1. The van der Waals surface area contributed by atoms with Crippen molar-refractivity contribution in [3.8, 4) is 0 Å². The monoisotopic (exact) mass is 525 g/mol. The minimum Gasteiger partial charge on any atom is -0.481 e. The first-order chi connectivity index (χ1) is 18.0. The van der Waals surface area contributed by atoms with Crippen molar-refractivity contribution in [3.63, 3.8) is 0 Å². The lowest BCUT2D eigenvalue weighted by Gasteiger charge is -2.24. The van der Waals surface area contributed by atoms with Crippen molar-refractivity contribution >= 4 is 5.97 Å². The third-order valence-electron chi connectivity index (χ3n) is 7.25. The van der Waals surface area contributed by atoms with E-state index in [2.05, 4.69) is 38.1 Å². The summed E-state index contributed by atoms with van der Waals surface area (Å²) in [7, 11) is 4.23. The van der Waals surface area contributed by atoms with Crippen molar-refractivity contribution in [1.82, 2.24) is 4.90 Å². The second-order valence-corrected chi connectivity index (χ2v) is 11.1. The van der Waals surface area contributed by atoms with Crippen LogP contribution in [0.1, 0.15) is 136 Å². The lowest BCUT2D eigenvalue weighted by molar-refractivity contribution is -0.141. The van der Waals surface area contributed by atoms with Crippen LogP contribution in [0.25, 0.3) is 0 Å². The predicted molar refractivity (Wildman–Crippen MR) is 158 cm³/mol. The highest BCUT2D eigenvalue weighted by atomic mass is 16.5. The van der Waals surface area contributed by atoms with Gasteiger partial charge in [-0.25, -0.2) is 0 Å². The Morgan fingerprint density at radius 3 is 1.59 bits per heavy atom. The average molecular weight is 526 g/mol. The fourth-order valence-corrected chi connectivity index (χ4v) is 4.37. The van der Waals surface area contributed by atoms with Gasteiger partial charge in [0.25, 0.3) is 0 Å². The van der Waals surface area contributed by atoms with Crippen LogP contribution in [0.15, 0.2) is 12.2 Å². The number of hydrogen-bond donors (Lipinski definition) is 1. The van der Waals surface area contributed by atoms with E-state index in [0.29, 0.717) is 6.04 Å². The summed E-state index contributed by atoms with van der Waals surface area (Å²) in [5.74, 6) is -0.884. The van der Waals surface area contributed by atoms with Gasteiger partial charge in [-0.3, -0.25) is 4.79 Å². The van der Waals surface area contributed by atoms with E-state index in [1.807, 2.05) is 0 Å². The summed E-state index contributed by atoms with van der Waals surface area (Å²) in [6.07, 6.45) is 28.0. The Labute approximate surface area is 230 Å². The Hall–Kier alpha value is -0.910. The summed E-state index contributed by atoms with van der Waals surface area (Å²) in [6.45, 7) is 7.33. The van der Waals surface area contributed by atoms with Crippen molar-refractivity contribution < 1.29 is 19.4 Å². The summed E-state index contributed by atoms with van der Waals surface area (Å²) in [4.78, 5) is 13.0. The van der Waals surface area contributed by atoms with E-state index in [4.69, 9.17) is 14.6 Å². The molecule has 0 saturated carbocycles. The number of ether oxygens (including phenoxy) is 2. The molecule has 0 aromatic carbocycles.